The number of hydrogen-bond donors (Lipinski definition) is 1. The summed E-state index contributed by atoms with van der Waals surface area (Å²) in [5, 5.41) is 4.41. The van der Waals surface area contributed by atoms with E-state index in [4.69, 9.17) is 4.74 Å². The van der Waals surface area contributed by atoms with Crippen LogP contribution >= 0.6 is 10.9 Å². The number of carbonyl (C=O) groups excluding carboxylic acids is 2. The van der Waals surface area contributed by atoms with Crippen LogP contribution in [0.2, 0.25) is 0 Å². The van der Waals surface area contributed by atoms with Gasteiger partial charge in [0.25, 0.3) is 0 Å². The molecule has 218 valence electrons. The molecule has 2 unspecified atom stereocenters. The van der Waals surface area contributed by atoms with Gasteiger partial charge < -0.3 is 9.64 Å². The Kier molecular flexibility index (Phi) is 13.6. The highest BCUT2D eigenvalue weighted by Crippen LogP contribution is 2.50. The summed E-state index contributed by atoms with van der Waals surface area (Å²) in [7, 11) is 1.64. The zero-order valence-electron chi connectivity index (χ0n) is 25.6. The SMILES string of the molecule is CCCCCC(=O)/C(C)=N/NC1=CC=C2C(=CC1)C(CC)(CC(=S=COCC)C(C)CC)C(=O)N2CC(C)C. The Labute approximate surface area is 240 Å². The molecule has 0 aromatic rings. The summed E-state index contributed by atoms with van der Waals surface area (Å²) in [4.78, 5) is 29.9. The first-order chi connectivity index (χ1) is 18.6. The van der Waals surface area contributed by atoms with E-state index in [1.807, 2.05) is 23.5 Å². The van der Waals surface area contributed by atoms with Gasteiger partial charge in [0.05, 0.1) is 17.6 Å². The molecule has 2 atom stereocenters. The Morgan fingerprint density at radius 2 is 1.95 bits per heavy atom. The highest BCUT2D eigenvalue weighted by molar-refractivity contribution is 7.96. The minimum absolute atomic E-state index is 0.0897. The van der Waals surface area contributed by atoms with Gasteiger partial charge in [0.15, 0.2) is 5.78 Å². The molecule has 0 saturated carbocycles. The van der Waals surface area contributed by atoms with Crippen LogP contribution in [0, 0.1) is 17.3 Å². The number of ketones is 1. The molecule has 1 saturated heterocycles. The maximum Gasteiger partial charge on any atom is 0.238 e. The monoisotopic (exact) mass is 557 g/mol. The number of carbonyl (C=O) groups is 2. The van der Waals surface area contributed by atoms with Gasteiger partial charge in [-0.25, -0.2) is 0 Å². The van der Waals surface area contributed by atoms with E-state index in [0.29, 0.717) is 50.0 Å². The fourth-order valence-corrected chi connectivity index (χ4v) is 6.09. The Balaban J connectivity index is 2.45. The van der Waals surface area contributed by atoms with Crippen molar-refractivity contribution in [2.24, 2.45) is 22.4 Å². The van der Waals surface area contributed by atoms with E-state index in [1.54, 1.807) is 17.9 Å². The predicted octanol–water partition coefficient (Wildman–Crippen LogP) is 7.23. The highest BCUT2D eigenvalue weighted by atomic mass is 32.1. The fourth-order valence-electron chi connectivity index (χ4n) is 5.04. The molecular formula is C32H51N3O3S. The van der Waals surface area contributed by atoms with Crippen molar-refractivity contribution in [1.82, 2.24) is 10.3 Å². The van der Waals surface area contributed by atoms with Crippen molar-refractivity contribution in [2.45, 2.75) is 107 Å². The average molecular weight is 558 g/mol. The number of rotatable bonds is 16. The number of likely N-dealkylation sites (tertiary alicyclic amines) is 1. The molecule has 7 heteroatoms. The molecule has 6 nitrogen and oxygen atoms in total. The van der Waals surface area contributed by atoms with E-state index < -0.39 is 5.41 Å². The third kappa shape index (κ3) is 8.62. The summed E-state index contributed by atoms with van der Waals surface area (Å²) in [5.41, 5.74) is 7.88. The van der Waals surface area contributed by atoms with E-state index in [1.165, 1.54) is 4.86 Å². The third-order valence-corrected chi connectivity index (χ3v) is 8.79. The van der Waals surface area contributed by atoms with Crippen molar-refractivity contribution >= 4 is 38.8 Å². The number of Topliss-reactive ketones (excluding diaryl/α,β-unsaturated/α-hetero) is 1. The molecule has 39 heavy (non-hydrogen) atoms. The van der Waals surface area contributed by atoms with Gasteiger partial charge in [-0.1, -0.05) is 60.5 Å². The average Bonchev–Trinajstić information content (AvgIpc) is 3.04. The summed E-state index contributed by atoms with van der Waals surface area (Å²) < 4.78 is 5.56. The van der Waals surface area contributed by atoms with E-state index in [0.717, 1.165) is 49.1 Å². The van der Waals surface area contributed by atoms with Gasteiger partial charge in [-0.15, -0.1) is 10.9 Å². The van der Waals surface area contributed by atoms with Gasteiger partial charge in [0, 0.05) is 30.8 Å². The topological polar surface area (TPSA) is 71.0 Å². The van der Waals surface area contributed by atoms with E-state index in [2.05, 4.69) is 64.2 Å². The number of unbranched alkanes of at least 4 members (excludes halogenated alkanes) is 2. The Bertz CT molecular complexity index is 1060. The summed E-state index contributed by atoms with van der Waals surface area (Å²) in [5.74, 6) is 0.999. The van der Waals surface area contributed by atoms with Gasteiger partial charge in [0.2, 0.25) is 5.91 Å². The van der Waals surface area contributed by atoms with E-state index in [9.17, 15) is 9.59 Å². The number of hydrazone groups is 1. The van der Waals surface area contributed by atoms with Crippen LogP contribution in [0.25, 0.3) is 0 Å². The first-order valence-corrected chi connectivity index (χ1v) is 15.8. The van der Waals surface area contributed by atoms with Crippen molar-refractivity contribution in [3.63, 3.8) is 0 Å². The molecule has 1 amide bonds. The maximum absolute atomic E-state index is 14.2. The van der Waals surface area contributed by atoms with Crippen LogP contribution in [0.15, 0.2) is 40.3 Å². The molecule has 2 aliphatic rings. The van der Waals surface area contributed by atoms with Gasteiger partial charge in [-0.3, -0.25) is 15.0 Å². The van der Waals surface area contributed by atoms with Crippen molar-refractivity contribution in [3.05, 3.63) is 35.2 Å². The summed E-state index contributed by atoms with van der Waals surface area (Å²) in [6.45, 7) is 18.1. The minimum Gasteiger partial charge on any atom is -0.344 e. The summed E-state index contributed by atoms with van der Waals surface area (Å²) >= 11 is 0. The Morgan fingerprint density at radius 1 is 1.21 bits per heavy atom. The molecule has 1 N–H and O–H groups in total. The first kappa shape index (κ1) is 33.0. The lowest BCUT2D eigenvalue weighted by molar-refractivity contribution is -0.134. The number of hydrogen-bond acceptors (Lipinski definition) is 5. The Hall–Kier alpha value is -2.25. The lowest BCUT2D eigenvalue weighted by Crippen LogP contribution is -2.38. The van der Waals surface area contributed by atoms with Crippen LogP contribution < -0.4 is 5.43 Å². The van der Waals surface area contributed by atoms with Gasteiger partial charge in [-0.2, -0.15) is 5.10 Å². The maximum atomic E-state index is 14.2. The van der Waals surface area contributed by atoms with Crippen molar-refractivity contribution in [3.8, 4) is 0 Å². The van der Waals surface area contributed by atoms with Gasteiger partial charge >= 0.3 is 0 Å². The number of nitrogens with zero attached hydrogens (tertiary/aromatic N) is 2. The molecule has 0 aromatic heterocycles. The molecule has 0 aromatic carbocycles. The second kappa shape index (κ2) is 16.1. The van der Waals surface area contributed by atoms with Gasteiger partial charge in [0.1, 0.15) is 5.71 Å². The van der Waals surface area contributed by atoms with Crippen LogP contribution in [0.3, 0.4) is 0 Å². The van der Waals surface area contributed by atoms with Crippen LogP contribution in [-0.4, -0.2) is 45.9 Å². The number of amides is 1. The molecule has 2 rings (SSSR count). The lowest BCUT2D eigenvalue weighted by atomic mass is 9.73. The van der Waals surface area contributed by atoms with Crippen molar-refractivity contribution in [1.29, 1.82) is 0 Å². The third-order valence-electron chi connectivity index (χ3n) is 7.71. The number of allylic oxidation sites excluding steroid dienone is 4. The Morgan fingerprint density at radius 3 is 2.56 bits per heavy atom. The van der Waals surface area contributed by atoms with Crippen LogP contribution in [0.1, 0.15) is 107 Å². The molecule has 0 bridgehead atoms. The normalized spacial score (nSPS) is 20.1. The molecular weight excluding hydrogens is 506 g/mol. The van der Waals surface area contributed by atoms with Crippen LogP contribution in [-0.2, 0) is 14.3 Å². The predicted molar refractivity (Wildman–Crippen MR) is 168 cm³/mol. The highest BCUT2D eigenvalue weighted by Gasteiger charge is 2.52. The quantitative estimate of drug-likeness (QED) is 0.0940. The lowest BCUT2D eigenvalue weighted by Gasteiger charge is -2.30. The summed E-state index contributed by atoms with van der Waals surface area (Å²) in [6.07, 6.45) is 12.9. The molecule has 1 heterocycles. The zero-order valence-corrected chi connectivity index (χ0v) is 26.4. The number of ether oxygens (including phenoxy) is 1. The zero-order chi connectivity index (χ0) is 29.0. The largest absolute Gasteiger partial charge is 0.344 e. The number of nitrogens with one attached hydrogen (secondary N) is 1. The molecule has 1 fully saturated rings. The fraction of sp³-hybridized carbons (Fsp3) is 0.656. The molecule has 1 aliphatic carbocycles. The van der Waals surface area contributed by atoms with Crippen LogP contribution in [0.4, 0.5) is 0 Å². The smallest absolute Gasteiger partial charge is 0.238 e. The van der Waals surface area contributed by atoms with Crippen LogP contribution in [0.5, 0.6) is 0 Å². The van der Waals surface area contributed by atoms with E-state index >= 15 is 0 Å². The van der Waals surface area contributed by atoms with Crippen molar-refractivity contribution in [2.75, 3.05) is 13.2 Å². The summed E-state index contributed by atoms with van der Waals surface area (Å²) in [6, 6.07) is 0. The standard InChI is InChI=1S/C32H51N3O3S/c1-9-13-14-15-29(36)25(8)33-34-26-16-18-27-28(19-17-26)35(21-23(5)6)31(37)32(27,11-3)20-30(24(7)10-2)39-22-38-12-4/h17-19,22-24,34H,9-16,20-21H2,1-8H3/b33-25+. The second-order valence-electron chi connectivity index (χ2n) is 11.1. The first-order valence-electron chi connectivity index (χ1n) is 14.9. The molecule has 1 aliphatic heterocycles. The molecule has 0 radical (unpaired) electrons. The van der Waals surface area contributed by atoms with Crippen molar-refractivity contribution < 1.29 is 14.3 Å². The van der Waals surface area contributed by atoms with E-state index in [-0.39, 0.29) is 11.7 Å². The second-order valence-corrected chi connectivity index (χ2v) is 12.1. The van der Waals surface area contributed by atoms with Gasteiger partial charge in [-0.05, 0) is 74.0 Å². The number of fused-ring (bicyclic) bond motifs is 1. The minimum atomic E-state index is -0.607. The molecule has 0 spiro atoms.